The van der Waals surface area contributed by atoms with E-state index in [2.05, 4.69) is 17.1 Å². The fraction of sp³-hybridized carbons (Fsp3) is 1.00. The molecule has 2 heteroatoms. The van der Waals surface area contributed by atoms with E-state index in [0.717, 1.165) is 24.0 Å². The minimum Gasteiger partial charge on any atom is -0.312 e. The summed E-state index contributed by atoms with van der Waals surface area (Å²) in [6, 6.07) is 2.59. The highest BCUT2D eigenvalue weighted by atomic mass is 15.2. The van der Waals surface area contributed by atoms with Gasteiger partial charge in [0.25, 0.3) is 0 Å². The molecule has 3 aliphatic rings. The van der Waals surface area contributed by atoms with Gasteiger partial charge in [-0.3, -0.25) is 4.90 Å². The Hall–Kier alpha value is -0.0800. The Bertz CT molecular complexity index is 276. The van der Waals surface area contributed by atoms with E-state index in [9.17, 15) is 0 Å². The maximum Gasteiger partial charge on any atom is 0.0252 e. The Morgan fingerprint density at radius 1 is 0.895 bits per heavy atom. The van der Waals surface area contributed by atoms with Gasteiger partial charge >= 0.3 is 0 Å². The Morgan fingerprint density at radius 2 is 1.68 bits per heavy atom. The highest BCUT2D eigenvalue weighted by Gasteiger charge is 2.40. The van der Waals surface area contributed by atoms with Crippen LogP contribution in [-0.4, -0.2) is 36.1 Å². The molecule has 2 aliphatic carbocycles. The number of fused-ring (bicyclic) bond motifs is 1. The fourth-order valence-electron chi connectivity index (χ4n) is 4.98. The molecule has 0 radical (unpaired) electrons. The van der Waals surface area contributed by atoms with Crippen molar-refractivity contribution >= 4 is 0 Å². The summed E-state index contributed by atoms with van der Waals surface area (Å²) in [5.41, 5.74) is 0. The molecule has 1 heterocycles. The van der Waals surface area contributed by atoms with Crippen molar-refractivity contribution in [3.05, 3.63) is 0 Å². The molecule has 2 nitrogen and oxygen atoms in total. The molecular weight excluding hydrogens is 232 g/mol. The maximum absolute atomic E-state index is 3.83. The van der Waals surface area contributed by atoms with Crippen LogP contribution in [0.1, 0.15) is 71.1 Å². The van der Waals surface area contributed by atoms with Crippen molar-refractivity contribution in [1.82, 2.24) is 10.2 Å². The SMILES string of the molecule is CCCNC1CCCC1N1CCCC2CCCCC21. The molecule has 4 atom stereocenters. The molecule has 4 unspecified atom stereocenters. The molecule has 0 amide bonds. The van der Waals surface area contributed by atoms with Crippen LogP contribution in [-0.2, 0) is 0 Å². The van der Waals surface area contributed by atoms with Crippen molar-refractivity contribution in [2.24, 2.45) is 5.92 Å². The number of likely N-dealkylation sites (tertiary alicyclic amines) is 1. The number of hydrogen-bond acceptors (Lipinski definition) is 2. The number of nitrogens with one attached hydrogen (secondary N) is 1. The van der Waals surface area contributed by atoms with Crippen molar-refractivity contribution in [1.29, 1.82) is 0 Å². The first kappa shape index (κ1) is 13.9. The van der Waals surface area contributed by atoms with E-state index in [1.807, 2.05) is 0 Å². The Labute approximate surface area is 119 Å². The molecule has 2 saturated carbocycles. The van der Waals surface area contributed by atoms with Gasteiger partial charge in [-0.15, -0.1) is 0 Å². The van der Waals surface area contributed by atoms with Crippen LogP contribution in [0.5, 0.6) is 0 Å². The summed E-state index contributed by atoms with van der Waals surface area (Å²) in [5, 5.41) is 3.83. The first-order chi connectivity index (χ1) is 9.40. The minimum atomic E-state index is 0.792. The van der Waals surface area contributed by atoms with Crippen molar-refractivity contribution in [2.75, 3.05) is 13.1 Å². The van der Waals surface area contributed by atoms with E-state index in [1.54, 1.807) is 0 Å². The van der Waals surface area contributed by atoms with Gasteiger partial charge in [0.15, 0.2) is 0 Å². The van der Waals surface area contributed by atoms with Gasteiger partial charge in [0.2, 0.25) is 0 Å². The van der Waals surface area contributed by atoms with Gasteiger partial charge in [-0.2, -0.15) is 0 Å². The Kier molecular flexibility index (Phi) is 4.81. The van der Waals surface area contributed by atoms with Gasteiger partial charge in [-0.1, -0.05) is 26.2 Å². The lowest BCUT2D eigenvalue weighted by Crippen LogP contribution is -2.56. The lowest BCUT2D eigenvalue weighted by atomic mass is 9.77. The summed E-state index contributed by atoms with van der Waals surface area (Å²) in [7, 11) is 0. The summed E-state index contributed by atoms with van der Waals surface area (Å²) in [5.74, 6) is 1.04. The molecule has 3 rings (SSSR count). The summed E-state index contributed by atoms with van der Waals surface area (Å²) in [4.78, 5) is 2.95. The van der Waals surface area contributed by atoms with Crippen LogP contribution in [0, 0.1) is 5.92 Å². The average molecular weight is 264 g/mol. The molecule has 1 saturated heterocycles. The summed E-state index contributed by atoms with van der Waals surface area (Å²) < 4.78 is 0. The normalized spacial score (nSPS) is 40.3. The number of piperidine rings is 1. The van der Waals surface area contributed by atoms with Crippen LogP contribution in [0.15, 0.2) is 0 Å². The van der Waals surface area contributed by atoms with Gasteiger partial charge in [0.05, 0.1) is 0 Å². The van der Waals surface area contributed by atoms with Crippen LogP contribution in [0.25, 0.3) is 0 Å². The number of nitrogens with zero attached hydrogens (tertiary/aromatic N) is 1. The fourth-order valence-corrected chi connectivity index (χ4v) is 4.98. The summed E-state index contributed by atoms with van der Waals surface area (Å²) >= 11 is 0. The van der Waals surface area contributed by atoms with Crippen LogP contribution >= 0.6 is 0 Å². The van der Waals surface area contributed by atoms with E-state index in [0.29, 0.717) is 0 Å². The zero-order valence-electron chi connectivity index (χ0n) is 12.7. The van der Waals surface area contributed by atoms with E-state index in [4.69, 9.17) is 0 Å². The molecular formula is C17H32N2. The zero-order valence-corrected chi connectivity index (χ0v) is 12.7. The molecule has 0 aromatic rings. The third kappa shape index (κ3) is 3.00. The summed E-state index contributed by atoms with van der Waals surface area (Å²) in [6.45, 7) is 4.88. The van der Waals surface area contributed by atoms with Gasteiger partial charge in [0, 0.05) is 18.1 Å². The molecule has 19 heavy (non-hydrogen) atoms. The van der Waals surface area contributed by atoms with Crippen molar-refractivity contribution in [3.8, 4) is 0 Å². The van der Waals surface area contributed by atoms with Crippen LogP contribution in [0.3, 0.4) is 0 Å². The quantitative estimate of drug-likeness (QED) is 0.835. The van der Waals surface area contributed by atoms with Crippen molar-refractivity contribution in [3.63, 3.8) is 0 Å². The lowest BCUT2D eigenvalue weighted by molar-refractivity contribution is 0.0191. The maximum atomic E-state index is 3.83. The monoisotopic (exact) mass is 264 g/mol. The van der Waals surface area contributed by atoms with Crippen LogP contribution in [0.4, 0.5) is 0 Å². The second-order valence-electron chi connectivity index (χ2n) is 7.05. The number of rotatable bonds is 4. The van der Waals surface area contributed by atoms with Crippen LogP contribution < -0.4 is 5.32 Å². The molecule has 1 aliphatic heterocycles. The van der Waals surface area contributed by atoms with E-state index in [-0.39, 0.29) is 0 Å². The smallest absolute Gasteiger partial charge is 0.0252 e. The largest absolute Gasteiger partial charge is 0.312 e. The van der Waals surface area contributed by atoms with Gasteiger partial charge < -0.3 is 5.32 Å². The van der Waals surface area contributed by atoms with Gasteiger partial charge in [-0.25, -0.2) is 0 Å². The highest BCUT2D eigenvalue weighted by molar-refractivity contribution is 4.97. The molecule has 110 valence electrons. The molecule has 0 spiro atoms. The predicted molar refractivity (Wildman–Crippen MR) is 81.4 cm³/mol. The lowest BCUT2D eigenvalue weighted by Gasteiger charge is -2.48. The highest BCUT2D eigenvalue weighted by Crippen LogP contribution is 2.39. The van der Waals surface area contributed by atoms with Crippen molar-refractivity contribution in [2.45, 2.75) is 89.3 Å². The average Bonchev–Trinajstić information content (AvgIpc) is 2.92. The topological polar surface area (TPSA) is 15.3 Å². The number of hydrogen-bond donors (Lipinski definition) is 1. The predicted octanol–water partition coefficient (Wildman–Crippen LogP) is 3.56. The Balaban J connectivity index is 1.65. The molecule has 0 bridgehead atoms. The molecule has 0 aromatic carbocycles. The first-order valence-corrected chi connectivity index (χ1v) is 8.89. The summed E-state index contributed by atoms with van der Waals surface area (Å²) in [6.07, 6.45) is 14.5. The van der Waals surface area contributed by atoms with E-state index in [1.165, 1.54) is 77.3 Å². The second-order valence-corrected chi connectivity index (χ2v) is 7.05. The minimum absolute atomic E-state index is 0.792. The van der Waals surface area contributed by atoms with Gasteiger partial charge in [-0.05, 0) is 64.0 Å². The van der Waals surface area contributed by atoms with E-state index < -0.39 is 0 Å². The van der Waals surface area contributed by atoms with E-state index >= 15 is 0 Å². The zero-order chi connectivity index (χ0) is 13.1. The molecule has 0 aromatic heterocycles. The second kappa shape index (κ2) is 6.58. The third-order valence-corrected chi connectivity index (χ3v) is 5.85. The van der Waals surface area contributed by atoms with Crippen molar-refractivity contribution < 1.29 is 0 Å². The van der Waals surface area contributed by atoms with Crippen LogP contribution in [0.2, 0.25) is 0 Å². The molecule has 3 fully saturated rings. The standard InChI is InChI=1S/C17H32N2/c1-2-12-18-15-9-5-11-17(15)19-13-6-8-14-7-3-4-10-16(14)19/h14-18H,2-13H2,1H3. The van der Waals surface area contributed by atoms with Gasteiger partial charge in [0.1, 0.15) is 0 Å². The first-order valence-electron chi connectivity index (χ1n) is 8.89. The Morgan fingerprint density at radius 3 is 2.58 bits per heavy atom. The third-order valence-electron chi connectivity index (χ3n) is 5.85. The molecule has 1 N–H and O–H groups in total.